The second-order valence-electron chi connectivity index (χ2n) is 7.06. The van der Waals surface area contributed by atoms with Crippen molar-refractivity contribution in [2.75, 3.05) is 13.2 Å². The van der Waals surface area contributed by atoms with Crippen LogP contribution >= 0.6 is 0 Å². The summed E-state index contributed by atoms with van der Waals surface area (Å²) in [5.74, 6) is -0.852. The lowest BCUT2D eigenvalue weighted by Crippen LogP contribution is -2.65. The van der Waals surface area contributed by atoms with E-state index in [2.05, 4.69) is 6.58 Å². The summed E-state index contributed by atoms with van der Waals surface area (Å²) < 4.78 is 33.2. The van der Waals surface area contributed by atoms with Crippen LogP contribution in [0, 0.1) is 0 Å². The van der Waals surface area contributed by atoms with Crippen LogP contribution in [0.3, 0.4) is 0 Å². The van der Waals surface area contributed by atoms with Gasteiger partial charge in [-0.25, -0.2) is 4.79 Å². The van der Waals surface area contributed by atoms with Gasteiger partial charge in [-0.05, 0) is 19.4 Å². The number of carbonyl (C=O) groups is 1. The zero-order chi connectivity index (χ0) is 20.1. The van der Waals surface area contributed by atoms with E-state index in [1.807, 2.05) is 30.3 Å². The molecule has 5 atom stereocenters. The fourth-order valence-electron chi connectivity index (χ4n) is 3.13. The third kappa shape index (κ3) is 5.09. The first kappa shape index (κ1) is 20.8. The van der Waals surface area contributed by atoms with Gasteiger partial charge in [0, 0.05) is 0 Å². The molecule has 1 N–H and O–H groups in total. The molecule has 0 aliphatic carbocycles. The second-order valence-corrected chi connectivity index (χ2v) is 7.06. The Morgan fingerprint density at radius 1 is 1.36 bits per heavy atom. The molecule has 2 aliphatic heterocycles. The number of aliphatic hydroxyl groups is 1. The van der Waals surface area contributed by atoms with E-state index in [9.17, 15) is 9.90 Å². The SMILES string of the molecule is C=CCOC(=O)O[C@@H]1O[C@@H]2COC(C)(C)O[C@H]2[C@H](OCc2ccccc2)[C@H]1O. The van der Waals surface area contributed by atoms with E-state index in [0.717, 1.165) is 5.56 Å². The van der Waals surface area contributed by atoms with E-state index < -0.39 is 42.6 Å². The first-order valence-corrected chi connectivity index (χ1v) is 9.15. The molecule has 8 nitrogen and oxygen atoms in total. The Hall–Kier alpha value is -1.97. The van der Waals surface area contributed by atoms with E-state index in [0.29, 0.717) is 0 Å². The maximum Gasteiger partial charge on any atom is 0.511 e. The molecular weight excluding hydrogens is 368 g/mol. The molecule has 2 fully saturated rings. The molecule has 28 heavy (non-hydrogen) atoms. The van der Waals surface area contributed by atoms with E-state index in [1.165, 1.54) is 6.08 Å². The van der Waals surface area contributed by atoms with Crippen LogP contribution in [-0.2, 0) is 35.0 Å². The van der Waals surface area contributed by atoms with Crippen molar-refractivity contribution in [2.24, 2.45) is 0 Å². The zero-order valence-electron chi connectivity index (χ0n) is 16.0. The van der Waals surface area contributed by atoms with Crippen molar-refractivity contribution in [3.63, 3.8) is 0 Å². The van der Waals surface area contributed by atoms with Gasteiger partial charge in [0.15, 0.2) is 5.79 Å². The molecule has 0 saturated carbocycles. The summed E-state index contributed by atoms with van der Waals surface area (Å²) in [6.45, 7) is 7.46. The maximum atomic E-state index is 11.8. The Balaban J connectivity index is 1.72. The Kier molecular flexibility index (Phi) is 6.69. The van der Waals surface area contributed by atoms with Gasteiger partial charge in [-0.1, -0.05) is 43.0 Å². The summed E-state index contributed by atoms with van der Waals surface area (Å²) in [7, 11) is 0. The molecule has 3 rings (SSSR count). The van der Waals surface area contributed by atoms with Gasteiger partial charge < -0.3 is 33.5 Å². The van der Waals surface area contributed by atoms with Crippen molar-refractivity contribution in [2.45, 2.75) is 56.9 Å². The molecule has 0 spiro atoms. The first-order valence-electron chi connectivity index (χ1n) is 9.15. The summed E-state index contributed by atoms with van der Waals surface area (Å²) in [5.41, 5.74) is 0.937. The predicted octanol–water partition coefficient (Wildman–Crippen LogP) is 2.15. The van der Waals surface area contributed by atoms with Gasteiger partial charge >= 0.3 is 6.16 Å². The molecule has 0 unspecified atom stereocenters. The minimum Gasteiger partial charge on any atom is -0.430 e. The van der Waals surface area contributed by atoms with Gasteiger partial charge in [-0.3, -0.25) is 0 Å². The Morgan fingerprint density at radius 3 is 2.82 bits per heavy atom. The Morgan fingerprint density at radius 2 is 2.11 bits per heavy atom. The summed E-state index contributed by atoms with van der Waals surface area (Å²) in [5, 5.41) is 10.8. The molecule has 8 heteroatoms. The highest BCUT2D eigenvalue weighted by atomic mass is 16.8. The maximum absolute atomic E-state index is 11.8. The van der Waals surface area contributed by atoms with Gasteiger partial charge in [0.05, 0.1) is 13.2 Å². The third-order valence-corrected chi connectivity index (χ3v) is 4.45. The smallest absolute Gasteiger partial charge is 0.430 e. The lowest BCUT2D eigenvalue weighted by atomic mass is 9.97. The highest BCUT2D eigenvalue weighted by Crippen LogP contribution is 2.34. The van der Waals surface area contributed by atoms with Crippen LogP contribution < -0.4 is 0 Å². The number of hydrogen-bond acceptors (Lipinski definition) is 8. The summed E-state index contributed by atoms with van der Waals surface area (Å²) in [6, 6.07) is 9.54. The quantitative estimate of drug-likeness (QED) is 0.580. The van der Waals surface area contributed by atoms with Crippen molar-refractivity contribution < 1.29 is 38.3 Å². The Bertz CT molecular complexity index is 661. The number of fused-ring (bicyclic) bond motifs is 1. The van der Waals surface area contributed by atoms with Crippen LogP contribution in [0.25, 0.3) is 0 Å². The van der Waals surface area contributed by atoms with Crippen molar-refractivity contribution in [3.05, 3.63) is 48.6 Å². The first-order chi connectivity index (χ1) is 13.4. The number of carbonyl (C=O) groups excluding carboxylic acids is 1. The van der Waals surface area contributed by atoms with Gasteiger partial charge in [-0.2, -0.15) is 0 Å². The highest BCUT2D eigenvalue weighted by molar-refractivity contribution is 5.60. The predicted molar refractivity (Wildman–Crippen MR) is 97.2 cm³/mol. The monoisotopic (exact) mass is 394 g/mol. The van der Waals surface area contributed by atoms with E-state index in [4.69, 9.17) is 28.4 Å². The van der Waals surface area contributed by atoms with Crippen LogP contribution in [0.2, 0.25) is 0 Å². The van der Waals surface area contributed by atoms with E-state index >= 15 is 0 Å². The number of aliphatic hydroxyl groups excluding tert-OH is 1. The summed E-state index contributed by atoms with van der Waals surface area (Å²) >= 11 is 0. The third-order valence-electron chi connectivity index (χ3n) is 4.45. The van der Waals surface area contributed by atoms with Crippen LogP contribution in [-0.4, -0.2) is 61.0 Å². The Labute approximate surface area is 163 Å². The number of hydrogen-bond donors (Lipinski definition) is 1. The minimum atomic E-state index is -1.27. The number of ether oxygens (including phenoxy) is 6. The molecule has 2 saturated heterocycles. The fraction of sp³-hybridized carbons (Fsp3) is 0.550. The van der Waals surface area contributed by atoms with E-state index in [-0.39, 0.29) is 19.8 Å². The molecule has 2 aliphatic rings. The standard InChI is InChI=1S/C20H26O8/c1-4-10-23-19(22)27-18-15(21)17(24-11-13-8-6-5-7-9-13)16-14(26-18)12-25-20(2,3)28-16/h4-9,14-18,21H,1,10-12H2,2-3H3/t14-,15-,16-,17-,18+/m1/s1. The van der Waals surface area contributed by atoms with E-state index in [1.54, 1.807) is 13.8 Å². The van der Waals surface area contributed by atoms with Gasteiger partial charge in [0.2, 0.25) is 6.29 Å². The van der Waals surface area contributed by atoms with Gasteiger partial charge in [0.25, 0.3) is 0 Å². The van der Waals surface area contributed by atoms with Crippen molar-refractivity contribution >= 4 is 6.16 Å². The molecule has 0 bridgehead atoms. The number of rotatable bonds is 6. The van der Waals surface area contributed by atoms with Crippen LogP contribution in [0.15, 0.2) is 43.0 Å². The van der Waals surface area contributed by atoms with Crippen LogP contribution in [0.1, 0.15) is 19.4 Å². The topological polar surface area (TPSA) is 92.7 Å². The highest BCUT2D eigenvalue weighted by Gasteiger charge is 2.52. The molecule has 2 heterocycles. The summed E-state index contributed by atoms with van der Waals surface area (Å²) in [6.07, 6.45) is -4.06. The molecule has 154 valence electrons. The molecule has 0 aromatic heterocycles. The fourth-order valence-corrected chi connectivity index (χ4v) is 3.13. The second kappa shape index (κ2) is 9.02. The normalized spacial score (nSPS) is 31.5. The van der Waals surface area contributed by atoms with Crippen molar-refractivity contribution in [1.29, 1.82) is 0 Å². The lowest BCUT2D eigenvalue weighted by molar-refractivity contribution is -0.382. The molecule has 0 amide bonds. The molecular formula is C20H26O8. The lowest BCUT2D eigenvalue weighted by Gasteiger charge is -2.49. The minimum absolute atomic E-state index is 0.0119. The zero-order valence-corrected chi connectivity index (χ0v) is 16.0. The van der Waals surface area contributed by atoms with Crippen LogP contribution in [0.4, 0.5) is 4.79 Å². The molecule has 1 aromatic rings. The molecule has 0 radical (unpaired) electrons. The van der Waals surface area contributed by atoms with Crippen molar-refractivity contribution in [3.8, 4) is 0 Å². The van der Waals surface area contributed by atoms with Crippen molar-refractivity contribution in [1.82, 2.24) is 0 Å². The average Bonchev–Trinajstić information content (AvgIpc) is 2.67. The summed E-state index contributed by atoms with van der Waals surface area (Å²) in [4.78, 5) is 11.8. The van der Waals surface area contributed by atoms with Gasteiger partial charge in [0.1, 0.15) is 31.0 Å². The average molecular weight is 394 g/mol. The largest absolute Gasteiger partial charge is 0.511 e. The molecule has 1 aromatic carbocycles. The van der Waals surface area contributed by atoms with Crippen LogP contribution in [0.5, 0.6) is 0 Å². The number of benzene rings is 1. The van der Waals surface area contributed by atoms with Gasteiger partial charge in [-0.15, -0.1) is 0 Å².